The number of phenolic OH excluding ortho intramolecular Hbond substituents is 1. The molecule has 6 heteroatoms. The molecule has 154 valence electrons. The molecule has 3 aromatic carbocycles. The first kappa shape index (κ1) is 21.3. The Morgan fingerprint density at radius 3 is 2.20 bits per heavy atom. The number of thiocarbonyl (C=S) groups is 1. The standard InChI is InChI=1S/C24H24N2O3S/c1-26(2)23(28)24(25-16-30,20-10-6-11-21(27)15-20)19-9-4-7-17(13-19)18-8-5-12-22(14-18)29-3/h4-16,27H,1-3H3,(H,25,30). The highest BCUT2D eigenvalue weighted by molar-refractivity contribution is 7.78. The predicted molar refractivity (Wildman–Crippen MR) is 123 cm³/mol. The van der Waals surface area contributed by atoms with E-state index in [9.17, 15) is 9.90 Å². The lowest BCUT2D eigenvalue weighted by molar-refractivity contribution is -0.133. The lowest BCUT2D eigenvalue weighted by atomic mass is 9.80. The van der Waals surface area contributed by atoms with Crippen LogP contribution in [0.4, 0.5) is 0 Å². The van der Waals surface area contributed by atoms with E-state index in [2.05, 4.69) is 5.32 Å². The maximum atomic E-state index is 13.5. The molecular formula is C24H24N2O3S. The third-order valence-corrected chi connectivity index (χ3v) is 5.10. The summed E-state index contributed by atoms with van der Waals surface area (Å²) in [5, 5.41) is 13.2. The number of nitrogens with one attached hydrogen (secondary N) is 1. The third-order valence-electron chi connectivity index (χ3n) is 4.98. The van der Waals surface area contributed by atoms with Gasteiger partial charge in [-0.25, -0.2) is 0 Å². The average molecular weight is 421 g/mol. The van der Waals surface area contributed by atoms with Crippen molar-refractivity contribution in [1.29, 1.82) is 0 Å². The smallest absolute Gasteiger partial charge is 0.257 e. The van der Waals surface area contributed by atoms with Crippen molar-refractivity contribution in [1.82, 2.24) is 10.2 Å². The van der Waals surface area contributed by atoms with Gasteiger partial charge in [-0.05, 0) is 52.6 Å². The van der Waals surface area contributed by atoms with Gasteiger partial charge in [-0.15, -0.1) is 0 Å². The van der Waals surface area contributed by atoms with Crippen LogP contribution in [-0.4, -0.2) is 42.6 Å². The molecule has 0 aliphatic heterocycles. The van der Waals surface area contributed by atoms with E-state index in [-0.39, 0.29) is 11.7 Å². The van der Waals surface area contributed by atoms with Crippen LogP contribution in [0.2, 0.25) is 0 Å². The summed E-state index contributed by atoms with van der Waals surface area (Å²) in [4.78, 5) is 15.0. The van der Waals surface area contributed by atoms with Gasteiger partial charge in [0.25, 0.3) is 5.91 Å². The molecule has 0 saturated carbocycles. The molecule has 1 atom stereocenters. The largest absolute Gasteiger partial charge is 0.508 e. The van der Waals surface area contributed by atoms with Crippen LogP contribution in [0.3, 0.4) is 0 Å². The Morgan fingerprint density at radius 1 is 1.00 bits per heavy atom. The lowest BCUT2D eigenvalue weighted by Crippen LogP contribution is -2.54. The number of hydrogen-bond acceptors (Lipinski definition) is 4. The molecular weight excluding hydrogens is 396 g/mol. The Bertz CT molecular complexity index is 1070. The van der Waals surface area contributed by atoms with Gasteiger partial charge in [-0.1, -0.05) is 54.7 Å². The maximum Gasteiger partial charge on any atom is 0.257 e. The molecule has 1 amide bonds. The Balaban J connectivity index is 2.26. The summed E-state index contributed by atoms with van der Waals surface area (Å²) in [6.07, 6.45) is 0. The molecule has 1 unspecified atom stereocenters. The first-order valence-corrected chi connectivity index (χ1v) is 9.87. The monoisotopic (exact) mass is 420 g/mol. The van der Waals surface area contributed by atoms with Gasteiger partial charge in [0, 0.05) is 14.1 Å². The second-order valence-electron chi connectivity index (χ2n) is 7.07. The summed E-state index contributed by atoms with van der Waals surface area (Å²) in [6.45, 7) is 0. The van der Waals surface area contributed by atoms with E-state index in [4.69, 9.17) is 17.0 Å². The van der Waals surface area contributed by atoms with E-state index >= 15 is 0 Å². The number of methoxy groups -OCH3 is 1. The number of benzene rings is 3. The van der Waals surface area contributed by atoms with Crippen LogP contribution in [0.5, 0.6) is 11.5 Å². The maximum absolute atomic E-state index is 13.5. The van der Waals surface area contributed by atoms with E-state index in [0.717, 1.165) is 16.9 Å². The van der Waals surface area contributed by atoms with Crippen molar-refractivity contribution in [3.05, 3.63) is 83.9 Å². The van der Waals surface area contributed by atoms with Crippen molar-refractivity contribution in [2.24, 2.45) is 0 Å². The van der Waals surface area contributed by atoms with Gasteiger partial charge in [0.2, 0.25) is 0 Å². The van der Waals surface area contributed by atoms with Gasteiger partial charge in [-0.2, -0.15) is 0 Å². The van der Waals surface area contributed by atoms with Gasteiger partial charge in [-0.3, -0.25) is 4.79 Å². The second kappa shape index (κ2) is 8.97. The van der Waals surface area contributed by atoms with Crippen molar-refractivity contribution in [3.8, 4) is 22.6 Å². The van der Waals surface area contributed by atoms with Crippen LogP contribution in [0, 0.1) is 0 Å². The van der Waals surface area contributed by atoms with Crippen LogP contribution in [0.1, 0.15) is 11.1 Å². The molecule has 0 aromatic heterocycles. The molecule has 0 aliphatic carbocycles. The highest BCUT2D eigenvalue weighted by Gasteiger charge is 2.43. The fourth-order valence-corrected chi connectivity index (χ4v) is 3.72. The van der Waals surface area contributed by atoms with Gasteiger partial charge in [0.1, 0.15) is 11.5 Å². The summed E-state index contributed by atoms with van der Waals surface area (Å²) in [6, 6.07) is 22.1. The normalized spacial score (nSPS) is 12.5. The number of ether oxygens (including phenoxy) is 1. The first-order chi connectivity index (χ1) is 14.4. The zero-order valence-electron chi connectivity index (χ0n) is 17.1. The number of nitrogens with zero attached hydrogens (tertiary/aromatic N) is 1. The average Bonchev–Trinajstić information content (AvgIpc) is 2.77. The molecule has 3 aromatic rings. The molecule has 30 heavy (non-hydrogen) atoms. The Labute approximate surface area is 181 Å². The molecule has 0 spiro atoms. The quantitative estimate of drug-likeness (QED) is 0.567. The van der Waals surface area contributed by atoms with Gasteiger partial charge in [0.05, 0.1) is 12.6 Å². The number of phenols is 1. The summed E-state index contributed by atoms with van der Waals surface area (Å²) in [7, 11) is 5.01. The van der Waals surface area contributed by atoms with Crippen molar-refractivity contribution < 1.29 is 14.6 Å². The van der Waals surface area contributed by atoms with Crippen molar-refractivity contribution in [2.45, 2.75) is 5.54 Å². The topological polar surface area (TPSA) is 61.8 Å². The molecule has 5 nitrogen and oxygen atoms in total. The molecule has 0 radical (unpaired) electrons. The third kappa shape index (κ3) is 4.00. The SMILES string of the molecule is COc1cccc(-c2cccc(C(NC=S)(C(=O)N(C)C)c3cccc(O)c3)c2)c1. The number of carbonyl (C=O) groups is 1. The number of carbonyl (C=O) groups excluding carboxylic acids is 1. The number of aromatic hydroxyl groups is 1. The highest BCUT2D eigenvalue weighted by Crippen LogP contribution is 2.35. The lowest BCUT2D eigenvalue weighted by Gasteiger charge is -2.36. The van der Waals surface area contributed by atoms with E-state index in [1.54, 1.807) is 45.5 Å². The number of amides is 1. The summed E-state index contributed by atoms with van der Waals surface area (Å²) in [5.41, 5.74) is 3.22. The molecule has 0 bridgehead atoms. The molecule has 3 rings (SSSR count). The number of rotatable bonds is 7. The minimum Gasteiger partial charge on any atom is -0.508 e. The second-order valence-corrected chi connectivity index (χ2v) is 7.31. The zero-order chi connectivity index (χ0) is 21.7. The van der Waals surface area contributed by atoms with Crippen LogP contribution in [0.25, 0.3) is 11.1 Å². The highest BCUT2D eigenvalue weighted by atomic mass is 32.1. The van der Waals surface area contributed by atoms with Gasteiger partial charge < -0.3 is 20.1 Å². The van der Waals surface area contributed by atoms with E-state index in [1.807, 2.05) is 48.5 Å². The molecule has 0 fully saturated rings. The molecule has 0 saturated heterocycles. The van der Waals surface area contributed by atoms with Crippen LogP contribution in [-0.2, 0) is 10.3 Å². The minimum absolute atomic E-state index is 0.0681. The first-order valence-electron chi connectivity index (χ1n) is 9.40. The van der Waals surface area contributed by atoms with Crippen molar-refractivity contribution >= 4 is 23.6 Å². The van der Waals surface area contributed by atoms with E-state index in [0.29, 0.717) is 11.1 Å². The predicted octanol–water partition coefficient (Wildman–Crippen LogP) is 3.95. The van der Waals surface area contributed by atoms with E-state index in [1.165, 1.54) is 10.4 Å². The van der Waals surface area contributed by atoms with Crippen LogP contribution >= 0.6 is 12.2 Å². The molecule has 0 heterocycles. The zero-order valence-corrected chi connectivity index (χ0v) is 17.9. The van der Waals surface area contributed by atoms with Gasteiger partial charge in [0.15, 0.2) is 5.54 Å². The number of likely N-dealkylation sites (N-methyl/N-ethyl adjacent to an activating group) is 1. The Morgan fingerprint density at radius 2 is 1.60 bits per heavy atom. The van der Waals surface area contributed by atoms with Crippen molar-refractivity contribution in [2.75, 3.05) is 21.2 Å². The summed E-state index contributed by atoms with van der Waals surface area (Å²) in [5.74, 6) is 0.606. The minimum atomic E-state index is -1.29. The molecule has 2 N–H and O–H groups in total. The number of hydrogen-bond donors (Lipinski definition) is 2. The summed E-state index contributed by atoms with van der Waals surface area (Å²) >= 11 is 5.11. The fourth-order valence-electron chi connectivity index (χ4n) is 3.54. The van der Waals surface area contributed by atoms with Crippen molar-refractivity contribution in [3.63, 3.8) is 0 Å². The van der Waals surface area contributed by atoms with Crippen LogP contribution in [0.15, 0.2) is 72.8 Å². The summed E-state index contributed by atoms with van der Waals surface area (Å²) < 4.78 is 5.34. The fraction of sp³-hybridized carbons (Fsp3) is 0.167. The Kier molecular flexibility index (Phi) is 6.37. The van der Waals surface area contributed by atoms with Gasteiger partial charge >= 0.3 is 0 Å². The van der Waals surface area contributed by atoms with E-state index < -0.39 is 5.54 Å². The molecule has 0 aliphatic rings. The van der Waals surface area contributed by atoms with Crippen LogP contribution < -0.4 is 10.1 Å². The Hall–Kier alpha value is -3.38.